The molecule has 0 aliphatic heterocycles. The van der Waals surface area contributed by atoms with Gasteiger partial charge in [0, 0.05) is 15.5 Å². The van der Waals surface area contributed by atoms with E-state index in [9.17, 15) is 4.79 Å². The maximum Gasteiger partial charge on any atom is 0.257 e. The first kappa shape index (κ1) is 12.0. The summed E-state index contributed by atoms with van der Waals surface area (Å²) in [6.07, 6.45) is 1.58. The third kappa shape index (κ3) is 3.03. The van der Waals surface area contributed by atoms with Crippen molar-refractivity contribution in [3.63, 3.8) is 0 Å². The van der Waals surface area contributed by atoms with Gasteiger partial charge >= 0.3 is 0 Å². The molecule has 2 rings (SSSR count). The second kappa shape index (κ2) is 5.27. The van der Waals surface area contributed by atoms with Crippen LogP contribution in [0.2, 0.25) is 0 Å². The topological polar surface area (TPSA) is 42.0 Å². The van der Waals surface area contributed by atoms with Gasteiger partial charge in [-0.3, -0.25) is 9.78 Å². The van der Waals surface area contributed by atoms with Gasteiger partial charge in [0.2, 0.25) is 0 Å². The summed E-state index contributed by atoms with van der Waals surface area (Å²) in [6.45, 7) is 1.89. The van der Waals surface area contributed by atoms with Gasteiger partial charge in [0.15, 0.2) is 0 Å². The molecule has 1 N–H and O–H groups in total. The molecule has 0 atom stereocenters. The second-order valence-electron chi connectivity index (χ2n) is 3.62. The van der Waals surface area contributed by atoms with E-state index in [2.05, 4.69) is 32.9 Å². The Morgan fingerprint density at radius 1 is 1.24 bits per heavy atom. The minimum absolute atomic E-state index is 0.137. The van der Waals surface area contributed by atoms with Crippen molar-refractivity contribution in [3.8, 4) is 0 Å². The Morgan fingerprint density at radius 3 is 2.65 bits per heavy atom. The number of rotatable bonds is 2. The Balaban J connectivity index is 2.17. The van der Waals surface area contributed by atoms with Gasteiger partial charge in [0.25, 0.3) is 5.91 Å². The van der Waals surface area contributed by atoms with Crippen molar-refractivity contribution >= 4 is 34.2 Å². The number of carbonyl (C=O) groups is 1. The highest BCUT2D eigenvalue weighted by Gasteiger charge is 2.07. The normalized spacial score (nSPS) is 10.0. The predicted molar refractivity (Wildman–Crippen MR) is 76.1 cm³/mol. The maximum absolute atomic E-state index is 11.9. The van der Waals surface area contributed by atoms with E-state index >= 15 is 0 Å². The van der Waals surface area contributed by atoms with Gasteiger partial charge in [-0.1, -0.05) is 12.1 Å². The molecule has 0 radical (unpaired) electrons. The number of pyridine rings is 1. The molecule has 0 saturated carbocycles. The molecule has 0 saturated heterocycles. The smallest absolute Gasteiger partial charge is 0.257 e. The highest BCUT2D eigenvalue weighted by atomic mass is 127. The van der Waals surface area contributed by atoms with Gasteiger partial charge in [-0.05, 0) is 53.8 Å². The first-order valence-electron chi connectivity index (χ1n) is 5.15. The van der Waals surface area contributed by atoms with Crippen molar-refractivity contribution in [2.75, 3.05) is 5.32 Å². The number of hydrogen-bond acceptors (Lipinski definition) is 2. The fourth-order valence-electron chi connectivity index (χ4n) is 1.36. The monoisotopic (exact) mass is 338 g/mol. The van der Waals surface area contributed by atoms with E-state index in [4.69, 9.17) is 0 Å². The minimum atomic E-state index is -0.137. The van der Waals surface area contributed by atoms with Crippen LogP contribution < -0.4 is 5.32 Å². The summed E-state index contributed by atoms with van der Waals surface area (Å²) >= 11 is 2.19. The van der Waals surface area contributed by atoms with Crippen LogP contribution in [0.15, 0.2) is 42.6 Å². The summed E-state index contributed by atoms with van der Waals surface area (Å²) < 4.78 is 1.01. The van der Waals surface area contributed by atoms with E-state index < -0.39 is 0 Å². The predicted octanol–water partition coefficient (Wildman–Crippen LogP) is 3.25. The van der Waals surface area contributed by atoms with Crippen LogP contribution in [0.25, 0.3) is 0 Å². The summed E-state index contributed by atoms with van der Waals surface area (Å²) in [6, 6.07) is 11.2. The van der Waals surface area contributed by atoms with Gasteiger partial charge in [-0.25, -0.2) is 0 Å². The van der Waals surface area contributed by atoms with E-state index in [0.717, 1.165) is 15.0 Å². The Kier molecular flexibility index (Phi) is 3.73. The fraction of sp³-hybridized carbons (Fsp3) is 0.0769. The number of benzene rings is 1. The van der Waals surface area contributed by atoms with Gasteiger partial charge in [0.1, 0.15) is 0 Å². The number of carbonyl (C=O) groups excluding carboxylic acids is 1. The van der Waals surface area contributed by atoms with Crippen LogP contribution >= 0.6 is 22.6 Å². The third-order valence-corrected chi connectivity index (χ3v) is 3.24. The molecule has 0 aliphatic carbocycles. The molecule has 0 bridgehead atoms. The van der Waals surface area contributed by atoms with Crippen molar-refractivity contribution in [1.29, 1.82) is 0 Å². The lowest BCUT2D eigenvalue weighted by Gasteiger charge is -2.06. The summed E-state index contributed by atoms with van der Waals surface area (Å²) in [5.74, 6) is -0.137. The first-order valence-corrected chi connectivity index (χ1v) is 6.23. The molecular formula is C13H11IN2O. The zero-order valence-corrected chi connectivity index (χ0v) is 11.4. The fourth-order valence-corrected chi connectivity index (χ4v) is 1.88. The average Bonchev–Trinajstić information content (AvgIpc) is 2.33. The maximum atomic E-state index is 11.9. The average molecular weight is 338 g/mol. The SMILES string of the molecule is Cc1ccc(C(=O)Nc2ccccc2I)cn1. The van der Waals surface area contributed by atoms with Crippen molar-refractivity contribution in [1.82, 2.24) is 4.98 Å². The van der Waals surface area contributed by atoms with E-state index in [0.29, 0.717) is 5.56 Å². The zero-order valence-electron chi connectivity index (χ0n) is 9.27. The molecule has 4 heteroatoms. The third-order valence-electron chi connectivity index (χ3n) is 2.30. The number of aromatic nitrogens is 1. The number of amides is 1. The van der Waals surface area contributed by atoms with Crippen LogP contribution in [0.3, 0.4) is 0 Å². The molecule has 1 aromatic heterocycles. The van der Waals surface area contributed by atoms with Crippen molar-refractivity contribution in [2.24, 2.45) is 0 Å². The molecule has 0 spiro atoms. The lowest BCUT2D eigenvalue weighted by Crippen LogP contribution is -2.13. The van der Waals surface area contributed by atoms with Crippen LogP contribution in [0.4, 0.5) is 5.69 Å². The lowest BCUT2D eigenvalue weighted by molar-refractivity contribution is 0.102. The summed E-state index contributed by atoms with van der Waals surface area (Å²) in [7, 11) is 0. The second-order valence-corrected chi connectivity index (χ2v) is 4.78. The van der Waals surface area contributed by atoms with Crippen LogP contribution in [0.1, 0.15) is 16.1 Å². The van der Waals surface area contributed by atoms with Gasteiger partial charge in [0.05, 0.1) is 11.3 Å². The van der Waals surface area contributed by atoms with E-state index in [1.54, 1.807) is 12.3 Å². The van der Waals surface area contributed by atoms with Crippen LogP contribution in [-0.4, -0.2) is 10.9 Å². The van der Waals surface area contributed by atoms with E-state index in [1.165, 1.54) is 0 Å². The number of nitrogens with one attached hydrogen (secondary N) is 1. The molecular weight excluding hydrogens is 327 g/mol. The van der Waals surface area contributed by atoms with E-state index in [1.807, 2.05) is 37.3 Å². The van der Waals surface area contributed by atoms with Crippen molar-refractivity contribution in [2.45, 2.75) is 6.92 Å². The zero-order chi connectivity index (χ0) is 12.3. The molecule has 2 aromatic rings. The molecule has 3 nitrogen and oxygen atoms in total. The molecule has 1 amide bonds. The molecule has 1 aromatic carbocycles. The van der Waals surface area contributed by atoms with Gasteiger partial charge in [-0.2, -0.15) is 0 Å². The largest absolute Gasteiger partial charge is 0.321 e. The highest BCUT2D eigenvalue weighted by Crippen LogP contribution is 2.17. The lowest BCUT2D eigenvalue weighted by atomic mass is 10.2. The van der Waals surface area contributed by atoms with E-state index in [-0.39, 0.29) is 5.91 Å². The number of para-hydroxylation sites is 1. The number of halogens is 1. The summed E-state index contributed by atoms with van der Waals surface area (Å²) in [5.41, 5.74) is 2.28. The Morgan fingerprint density at radius 2 is 2.00 bits per heavy atom. The molecule has 0 unspecified atom stereocenters. The van der Waals surface area contributed by atoms with Crippen molar-refractivity contribution < 1.29 is 4.79 Å². The van der Waals surface area contributed by atoms with Gasteiger partial charge < -0.3 is 5.32 Å². The molecule has 0 aliphatic rings. The quantitative estimate of drug-likeness (QED) is 0.854. The Labute approximate surface area is 113 Å². The summed E-state index contributed by atoms with van der Waals surface area (Å²) in [4.78, 5) is 16.0. The Bertz CT molecular complexity index is 537. The van der Waals surface area contributed by atoms with Crippen molar-refractivity contribution in [3.05, 3.63) is 57.4 Å². The van der Waals surface area contributed by atoms with Gasteiger partial charge in [-0.15, -0.1) is 0 Å². The minimum Gasteiger partial charge on any atom is -0.321 e. The number of anilines is 1. The summed E-state index contributed by atoms with van der Waals surface area (Å²) in [5, 5.41) is 2.86. The van der Waals surface area contributed by atoms with Crippen LogP contribution in [-0.2, 0) is 0 Å². The first-order chi connectivity index (χ1) is 8.16. The standard InChI is InChI=1S/C13H11IN2O/c1-9-6-7-10(8-15-9)13(17)16-12-5-3-2-4-11(12)14/h2-8H,1H3,(H,16,17). The molecule has 1 heterocycles. The molecule has 17 heavy (non-hydrogen) atoms. The molecule has 0 fully saturated rings. The number of hydrogen-bond donors (Lipinski definition) is 1. The number of nitrogens with zero attached hydrogens (tertiary/aromatic N) is 1. The highest BCUT2D eigenvalue weighted by molar-refractivity contribution is 14.1. The number of aryl methyl sites for hydroxylation is 1. The molecule has 86 valence electrons. The Hall–Kier alpha value is -1.43. The van der Waals surface area contributed by atoms with Crippen LogP contribution in [0, 0.1) is 10.5 Å². The van der Waals surface area contributed by atoms with Crippen LogP contribution in [0.5, 0.6) is 0 Å².